The number of aliphatic hydroxyl groups is 1. The van der Waals surface area contributed by atoms with Gasteiger partial charge in [0, 0.05) is 4.47 Å². The zero-order chi connectivity index (χ0) is 15.0. The Balaban J connectivity index is 2.58. The lowest BCUT2D eigenvalue weighted by Gasteiger charge is -2.21. The van der Waals surface area contributed by atoms with Crippen LogP contribution in [0.2, 0.25) is 0 Å². The summed E-state index contributed by atoms with van der Waals surface area (Å²) in [5.41, 5.74) is 7.96. The minimum absolute atomic E-state index is 0.569. The predicted octanol–water partition coefficient (Wildman–Crippen LogP) is 5.07. The summed E-state index contributed by atoms with van der Waals surface area (Å²) < 4.78 is 1.07. The zero-order valence-corrected chi connectivity index (χ0v) is 14.3. The van der Waals surface area contributed by atoms with Crippen LogP contribution < -0.4 is 0 Å². The van der Waals surface area contributed by atoms with Crippen LogP contribution in [0.4, 0.5) is 0 Å². The molecule has 20 heavy (non-hydrogen) atoms. The highest BCUT2D eigenvalue weighted by molar-refractivity contribution is 9.10. The first-order valence-corrected chi connectivity index (χ1v) is 7.63. The Morgan fingerprint density at radius 2 is 1.40 bits per heavy atom. The van der Waals surface area contributed by atoms with Crippen molar-refractivity contribution in [2.45, 2.75) is 40.7 Å². The molecular weight excluding hydrogens is 312 g/mol. The van der Waals surface area contributed by atoms with E-state index in [1.165, 1.54) is 22.3 Å². The van der Waals surface area contributed by atoms with E-state index in [0.29, 0.717) is 0 Å². The molecule has 1 unspecified atom stereocenters. The summed E-state index contributed by atoms with van der Waals surface area (Å²) in [6.07, 6.45) is -0.569. The largest absolute Gasteiger partial charge is 0.384 e. The molecule has 0 aliphatic heterocycles. The maximum atomic E-state index is 10.8. The quantitative estimate of drug-likeness (QED) is 0.813. The Labute approximate surface area is 129 Å². The van der Waals surface area contributed by atoms with Crippen molar-refractivity contribution in [3.8, 4) is 0 Å². The smallest absolute Gasteiger partial charge is 0.105 e. The number of rotatable bonds is 2. The Hall–Kier alpha value is -1.12. The van der Waals surface area contributed by atoms with E-state index in [2.05, 4.69) is 49.7 Å². The summed E-state index contributed by atoms with van der Waals surface area (Å²) in [5.74, 6) is 0. The van der Waals surface area contributed by atoms with Crippen LogP contribution in [-0.4, -0.2) is 5.11 Å². The molecule has 1 atom stereocenters. The van der Waals surface area contributed by atoms with Crippen molar-refractivity contribution in [3.63, 3.8) is 0 Å². The van der Waals surface area contributed by atoms with Crippen LogP contribution in [0.5, 0.6) is 0 Å². The van der Waals surface area contributed by atoms with Gasteiger partial charge in [0.15, 0.2) is 0 Å². The summed E-state index contributed by atoms with van der Waals surface area (Å²) >= 11 is 3.51. The second kappa shape index (κ2) is 5.71. The van der Waals surface area contributed by atoms with Crippen molar-refractivity contribution in [1.82, 2.24) is 0 Å². The zero-order valence-electron chi connectivity index (χ0n) is 12.7. The molecule has 2 heteroatoms. The molecule has 0 radical (unpaired) electrons. The molecule has 2 aromatic rings. The molecule has 0 bridgehead atoms. The fourth-order valence-electron chi connectivity index (χ4n) is 2.66. The summed E-state index contributed by atoms with van der Waals surface area (Å²) in [5, 5.41) is 10.8. The fraction of sp³-hybridized carbons (Fsp3) is 0.333. The maximum Gasteiger partial charge on any atom is 0.105 e. The molecular formula is C18H21BrO. The Bertz CT molecular complexity index is 633. The molecule has 2 aromatic carbocycles. The lowest BCUT2D eigenvalue weighted by Crippen LogP contribution is -2.07. The molecule has 1 nitrogen and oxygen atoms in total. The number of hydrogen-bond acceptors (Lipinski definition) is 1. The van der Waals surface area contributed by atoms with E-state index in [1.54, 1.807) is 0 Å². The molecule has 1 N–H and O–H groups in total. The minimum Gasteiger partial charge on any atom is -0.384 e. The van der Waals surface area contributed by atoms with Gasteiger partial charge < -0.3 is 5.11 Å². The van der Waals surface area contributed by atoms with Gasteiger partial charge in [-0.3, -0.25) is 0 Å². The van der Waals surface area contributed by atoms with Gasteiger partial charge in [0.1, 0.15) is 6.10 Å². The van der Waals surface area contributed by atoms with E-state index >= 15 is 0 Å². The molecule has 106 valence electrons. The SMILES string of the molecule is Cc1cc(C(O)c2c(C)c(C)cc(C)c2C)ccc1Br. The van der Waals surface area contributed by atoms with Gasteiger partial charge in [-0.2, -0.15) is 0 Å². The van der Waals surface area contributed by atoms with Crippen LogP contribution in [-0.2, 0) is 0 Å². The van der Waals surface area contributed by atoms with Crippen molar-refractivity contribution < 1.29 is 5.11 Å². The van der Waals surface area contributed by atoms with Gasteiger partial charge in [-0.05, 0) is 79.6 Å². The molecule has 0 aliphatic carbocycles. The number of benzene rings is 2. The number of hydrogen-bond donors (Lipinski definition) is 1. The highest BCUT2D eigenvalue weighted by atomic mass is 79.9. The fourth-order valence-corrected chi connectivity index (χ4v) is 2.91. The van der Waals surface area contributed by atoms with Crippen LogP contribution in [0.25, 0.3) is 0 Å². The first-order valence-electron chi connectivity index (χ1n) is 6.84. The number of aliphatic hydroxyl groups excluding tert-OH is 1. The van der Waals surface area contributed by atoms with Crippen LogP contribution in [0.3, 0.4) is 0 Å². The number of aryl methyl sites for hydroxylation is 3. The summed E-state index contributed by atoms with van der Waals surface area (Å²) in [6, 6.07) is 8.22. The van der Waals surface area contributed by atoms with Crippen molar-refractivity contribution in [2.24, 2.45) is 0 Å². The standard InChI is InChI=1S/C18H21BrO/c1-10-8-11(2)14(5)17(13(10)4)18(20)15-6-7-16(19)12(3)9-15/h6-9,18,20H,1-5H3. The molecule has 0 spiro atoms. The van der Waals surface area contributed by atoms with Gasteiger partial charge in [-0.15, -0.1) is 0 Å². The molecule has 0 heterocycles. The molecule has 0 amide bonds. The minimum atomic E-state index is -0.569. The van der Waals surface area contributed by atoms with Crippen LogP contribution >= 0.6 is 15.9 Å². The first kappa shape index (κ1) is 15.3. The Morgan fingerprint density at radius 3 is 1.90 bits per heavy atom. The second-order valence-electron chi connectivity index (χ2n) is 5.59. The highest BCUT2D eigenvalue weighted by Gasteiger charge is 2.18. The summed E-state index contributed by atoms with van der Waals surface area (Å²) in [6.45, 7) is 10.4. The lowest BCUT2D eigenvalue weighted by molar-refractivity contribution is 0.218. The monoisotopic (exact) mass is 332 g/mol. The molecule has 2 rings (SSSR count). The highest BCUT2D eigenvalue weighted by Crippen LogP contribution is 2.32. The third kappa shape index (κ3) is 2.68. The van der Waals surface area contributed by atoms with E-state index in [0.717, 1.165) is 21.2 Å². The molecule has 0 fully saturated rings. The molecule has 0 saturated carbocycles. The topological polar surface area (TPSA) is 20.2 Å². The molecule has 0 saturated heterocycles. The lowest BCUT2D eigenvalue weighted by atomic mass is 9.88. The maximum absolute atomic E-state index is 10.8. The van der Waals surface area contributed by atoms with Crippen molar-refractivity contribution in [3.05, 3.63) is 67.7 Å². The predicted molar refractivity (Wildman–Crippen MR) is 88.3 cm³/mol. The normalized spacial score (nSPS) is 12.6. The van der Waals surface area contributed by atoms with Gasteiger partial charge in [-0.1, -0.05) is 34.1 Å². The van der Waals surface area contributed by atoms with Crippen molar-refractivity contribution >= 4 is 15.9 Å². The Kier molecular flexibility index (Phi) is 4.36. The van der Waals surface area contributed by atoms with E-state index < -0.39 is 6.10 Å². The van der Waals surface area contributed by atoms with E-state index in [9.17, 15) is 5.11 Å². The summed E-state index contributed by atoms with van der Waals surface area (Å²) in [4.78, 5) is 0. The van der Waals surface area contributed by atoms with Gasteiger partial charge >= 0.3 is 0 Å². The van der Waals surface area contributed by atoms with Crippen LogP contribution in [0, 0.1) is 34.6 Å². The summed E-state index contributed by atoms with van der Waals surface area (Å²) in [7, 11) is 0. The molecule has 0 aliphatic rings. The van der Waals surface area contributed by atoms with Crippen LogP contribution in [0.15, 0.2) is 28.7 Å². The average Bonchev–Trinajstić information content (AvgIpc) is 2.40. The second-order valence-corrected chi connectivity index (χ2v) is 6.44. The van der Waals surface area contributed by atoms with Gasteiger partial charge in [0.05, 0.1) is 0 Å². The third-order valence-electron chi connectivity index (χ3n) is 4.20. The van der Waals surface area contributed by atoms with Gasteiger partial charge in [0.2, 0.25) is 0 Å². The third-order valence-corrected chi connectivity index (χ3v) is 5.08. The van der Waals surface area contributed by atoms with Crippen LogP contribution in [0.1, 0.15) is 45.0 Å². The van der Waals surface area contributed by atoms with Crippen molar-refractivity contribution in [1.29, 1.82) is 0 Å². The van der Waals surface area contributed by atoms with E-state index in [-0.39, 0.29) is 0 Å². The first-order chi connectivity index (χ1) is 9.32. The van der Waals surface area contributed by atoms with Gasteiger partial charge in [-0.25, -0.2) is 0 Å². The van der Waals surface area contributed by atoms with Gasteiger partial charge in [0.25, 0.3) is 0 Å². The molecule has 0 aromatic heterocycles. The Morgan fingerprint density at radius 1 is 0.850 bits per heavy atom. The number of halogens is 1. The van der Waals surface area contributed by atoms with E-state index in [4.69, 9.17) is 0 Å². The van der Waals surface area contributed by atoms with E-state index in [1.807, 2.05) is 25.1 Å². The average molecular weight is 333 g/mol. The van der Waals surface area contributed by atoms with Crippen molar-refractivity contribution in [2.75, 3.05) is 0 Å².